The van der Waals surface area contributed by atoms with E-state index in [0.29, 0.717) is 5.56 Å². The van der Waals surface area contributed by atoms with Crippen LogP contribution in [0, 0.1) is 0 Å². The van der Waals surface area contributed by atoms with Crippen LogP contribution in [0.3, 0.4) is 0 Å². The highest BCUT2D eigenvalue weighted by molar-refractivity contribution is 7.80. The van der Waals surface area contributed by atoms with Gasteiger partial charge in [-0.3, -0.25) is 4.79 Å². The van der Waals surface area contributed by atoms with E-state index in [1.54, 1.807) is 12.1 Å². The van der Waals surface area contributed by atoms with Gasteiger partial charge in [0.2, 0.25) is 0 Å². The molecule has 0 aliphatic carbocycles. The van der Waals surface area contributed by atoms with Crippen LogP contribution in [0.15, 0.2) is 29.2 Å². The molecule has 0 spiro atoms. The van der Waals surface area contributed by atoms with Gasteiger partial charge in [-0.05, 0) is 37.1 Å². The lowest BCUT2D eigenvalue weighted by molar-refractivity contribution is 0.0600. The number of aliphatic hydroxyl groups is 1. The third kappa shape index (κ3) is 3.06. The van der Waals surface area contributed by atoms with Crippen molar-refractivity contribution in [2.45, 2.75) is 36.6 Å². The fourth-order valence-corrected chi connectivity index (χ4v) is 2.55. The molecule has 1 aromatic rings. The lowest BCUT2D eigenvalue weighted by atomic mass is 10.1. The Hall–Kier alpha value is -1.00. The SMILES string of the molecule is O=C(c1ccc(S)cc1)N1CCCCCC1CO. The molecule has 0 radical (unpaired) electrons. The van der Waals surface area contributed by atoms with Crippen molar-refractivity contribution in [2.75, 3.05) is 13.2 Å². The second-order valence-electron chi connectivity index (χ2n) is 4.73. The summed E-state index contributed by atoms with van der Waals surface area (Å²) >= 11 is 4.22. The quantitative estimate of drug-likeness (QED) is 0.806. The number of carbonyl (C=O) groups is 1. The second-order valence-corrected chi connectivity index (χ2v) is 5.25. The number of nitrogens with zero attached hydrogens (tertiary/aromatic N) is 1. The molecule has 1 saturated heterocycles. The molecule has 0 bridgehead atoms. The molecule has 1 aliphatic rings. The molecular weight excluding hydrogens is 246 g/mol. The van der Waals surface area contributed by atoms with E-state index in [1.807, 2.05) is 17.0 Å². The van der Waals surface area contributed by atoms with E-state index in [4.69, 9.17) is 0 Å². The van der Waals surface area contributed by atoms with E-state index in [9.17, 15) is 9.90 Å². The first-order valence-corrected chi connectivity index (χ1v) is 6.88. The van der Waals surface area contributed by atoms with Crippen LogP contribution in [-0.4, -0.2) is 35.1 Å². The van der Waals surface area contributed by atoms with E-state index in [-0.39, 0.29) is 18.6 Å². The number of likely N-dealkylation sites (tertiary alicyclic amines) is 1. The number of amides is 1. The van der Waals surface area contributed by atoms with E-state index >= 15 is 0 Å². The monoisotopic (exact) mass is 265 g/mol. The van der Waals surface area contributed by atoms with Gasteiger partial charge in [0.1, 0.15) is 0 Å². The van der Waals surface area contributed by atoms with Gasteiger partial charge in [-0.2, -0.15) is 0 Å². The lowest BCUT2D eigenvalue weighted by Gasteiger charge is -2.28. The van der Waals surface area contributed by atoms with Crippen LogP contribution < -0.4 is 0 Å². The topological polar surface area (TPSA) is 40.5 Å². The maximum absolute atomic E-state index is 12.4. The molecule has 3 nitrogen and oxygen atoms in total. The van der Waals surface area contributed by atoms with Crippen LogP contribution in [-0.2, 0) is 0 Å². The average Bonchev–Trinajstić information content (AvgIpc) is 2.63. The molecule has 1 N–H and O–H groups in total. The van der Waals surface area contributed by atoms with Crippen LogP contribution in [0.1, 0.15) is 36.0 Å². The van der Waals surface area contributed by atoms with E-state index in [0.717, 1.165) is 37.1 Å². The summed E-state index contributed by atoms with van der Waals surface area (Å²) in [5.74, 6) is 0.0179. The number of thiol groups is 1. The molecule has 1 unspecified atom stereocenters. The molecule has 98 valence electrons. The summed E-state index contributed by atoms with van der Waals surface area (Å²) in [6.45, 7) is 0.795. The Kier molecular flexibility index (Phi) is 4.66. The first kappa shape index (κ1) is 13.4. The summed E-state index contributed by atoms with van der Waals surface area (Å²) in [6.07, 6.45) is 4.14. The van der Waals surface area contributed by atoms with E-state index in [1.165, 1.54) is 0 Å². The van der Waals surface area contributed by atoms with Gasteiger partial charge in [0, 0.05) is 17.0 Å². The van der Waals surface area contributed by atoms with Crippen molar-refractivity contribution in [2.24, 2.45) is 0 Å². The van der Waals surface area contributed by atoms with Crippen molar-refractivity contribution in [1.29, 1.82) is 0 Å². The largest absolute Gasteiger partial charge is 0.394 e. The average molecular weight is 265 g/mol. The zero-order valence-electron chi connectivity index (χ0n) is 10.4. The standard InChI is InChI=1S/C14H19NO2S/c16-10-12-4-2-1-3-9-15(12)14(17)11-5-7-13(18)8-6-11/h5-8,12,16,18H,1-4,9-10H2. The maximum atomic E-state index is 12.4. The van der Waals surface area contributed by atoms with Crippen LogP contribution in [0.4, 0.5) is 0 Å². The molecule has 18 heavy (non-hydrogen) atoms. The minimum absolute atomic E-state index is 0.0179. The van der Waals surface area contributed by atoms with Crippen molar-refractivity contribution in [3.63, 3.8) is 0 Å². The summed E-state index contributed by atoms with van der Waals surface area (Å²) in [5.41, 5.74) is 0.674. The highest BCUT2D eigenvalue weighted by atomic mass is 32.1. The van der Waals surface area contributed by atoms with Crippen LogP contribution in [0.25, 0.3) is 0 Å². The molecule has 0 saturated carbocycles. The Bertz CT molecular complexity index is 405. The molecule has 1 aliphatic heterocycles. The van der Waals surface area contributed by atoms with Crippen molar-refractivity contribution in [1.82, 2.24) is 4.90 Å². The summed E-state index contributed by atoms with van der Waals surface area (Å²) in [6, 6.07) is 7.20. The number of aliphatic hydroxyl groups excluding tert-OH is 1. The zero-order chi connectivity index (χ0) is 13.0. The minimum atomic E-state index is -0.0318. The van der Waals surface area contributed by atoms with Crippen LogP contribution in [0.5, 0.6) is 0 Å². The summed E-state index contributed by atoms with van der Waals surface area (Å²) in [5, 5.41) is 9.42. The Morgan fingerprint density at radius 1 is 1.28 bits per heavy atom. The first-order valence-electron chi connectivity index (χ1n) is 6.43. The third-order valence-electron chi connectivity index (χ3n) is 3.46. The maximum Gasteiger partial charge on any atom is 0.254 e. The van der Waals surface area contributed by atoms with Gasteiger partial charge in [-0.1, -0.05) is 12.8 Å². The zero-order valence-corrected chi connectivity index (χ0v) is 11.3. The molecule has 1 atom stereocenters. The molecular formula is C14H19NO2S. The van der Waals surface area contributed by atoms with Gasteiger partial charge >= 0.3 is 0 Å². The predicted molar refractivity (Wildman–Crippen MR) is 74.1 cm³/mol. The van der Waals surface area contributed by atoms with Gasteiger partial charge in [-0.25, -0.2) is 0 Å². The number of rotatable bonds is 2. The number of benzene rings is 1. The van der Waals surface area contributed by atoms with Crippen molar-refractivity contribution < 1.29 is 9.90 Å². The van der Waals surface area contributed by atoms with Crippen LogP contribution >= 0.6 is 12.6 Å². The van der Waals surface area contributed by atoms with Crippen molar-refractivity contribution in [3.8, 4) is 0 Å². The second kappa shape index (κ2) is 6.25. The number of hydrogen-bond acceptors (Lipinski definition) is 3. The number of hydrogen-bond donors (Lipinski definition) is 2. The Morgan fingerprint density at radius 3 is 2.67 bits per heavy atom. The summed E-state index contributed by atoms with van der Waals surface area (Å²) < 4.78 is 0. The van der Waals surface area contributed by atoms with Gasteiger partial charge in [0.15, 0.2) is 0 Å². The highest BCUT2D eigenvalue weighted by Crippen LogP contribution is 2.19. The molecule has 2 rings (SSSR count). The lowest BCUT2D eigenvalue weighted by Crippen LogP contribution is -2.42. The van der Waals surface area contributed by atoms with Gasteiger partial charge in [0.25, 0.3) is 5.91 Å². The fraction of sp³-hybridized carbons (Fsp3) is 0.500. The molecule has 1 heterocycles. The first-order chi connectivity index (χ1) is 8.72. The minimum Gasteiger partial charge on any atom is -0.394 e. The Labute approximate surface area is 113 Å². The summed E-state index contributed by atoms with van der Waals surface area (Å²) in [4.78, 5) is 15.1. The molecule has 1 amide bonds. The van der Waals surface area contributed by atoms with Gasteiger partial charge < -0.3 is 10.0 Å². The summed E-state index contributed by atoms with van der Waals surface area (Å²) in [7, 11) is 0. The van der Waals surface area contributed by atoms with Gasteiger partial charge in [0.05, 0.1) is 12.6 Å². The van der Waals surface area contributed by atoms with Crippen molar-refractivity contribution in [3.05, 3.63) is 29.8 Å². The van der Waals surface area contributed by atoms with E-state index < -0.39 is 0 Å². The van der Waals surface area contributed by atoms with Crippen molar-refractivity contribution >= 4 is 18.5 Å². The van der Waals surface area contributed by atoms with Crippen LogP contribution in [0.2, 0.25) is 0 Å². The molecule has 0 aromatic heterocycles. The third-order valence-corrected chi connectivity index (χ3v) is 3.76. The Balaban J connectivity index is 2.17. The molecule has 4 heteroatoms. The molecule has 1 fully saturated rings. The highest BCUT2D eigenvalue weighted by Gasteiger charge is 2.25. The Morgan fingerprint density at radius 2 is 2.00 bits per heavy atom. The normalized spacial score (nSPS) is 20.6. The number of carbonyl (C=O) groups excluding carboxylic acids is 1. The predicted octanol–water partition coefficient (Wildman–Crippen LogP) is 2.35. The smallest absolute Gasteiger partial charge is 0.254 e. The fourth-order valence-electron chi connectivity index (χ4n) is 2.40. The molecule has 1 aromatic carbocycles. The van der Waals surface area contributed by atoms with E-state index in [2.05, 4.69) is 12.6 Å². The van der Waals surface area contributed by atoms with Gasteiger partial charge in [-0.15, -0.1) is 12.6 Å².